The molecular weight excluding hydrogens is 542 g/mol. The molecule has 2 fully saturated rings. The number of halogens is 2. The summed E-state index contributed by atoms with van der Waals surface area (Å²) in [5, 5.41) is 3.19. The maximum absolute atomic E-state index is 14.5. The Morgan fingerprint density at radius 1 is 0.905 bits per heavy atom. The number of ether oxygens (including phenoxy) is 3. The van der Waals surface area contributed by atoms with Crippen LogP contribution < -0.4 is 24.4 Å². The summed E-state index contributed by atoms with van der Waals surface area (Å²) in [5.74, 6) is -0.0613. The summed E-state index contributed by atoms with van der Waals surface area (Å²) < 4.78 is 45.3. The van der Waals surface area contributed by atoms with Crippen molar-refractivity contribution in [3.8, 4) is 17.2 Å². The lowest BCUT2D eigenvalue weighted by Crippen LogP contribution is -2.53. The van der Waals surface area contributed by atoms with Gasteiger partial charge in [-0.2, -0.15) is 0 Å². The molecular formula is C31H40F2N6O3. The lowest BCUT2D eigenvalue weighted by Gasteiger charge is -2.43. The molecule has 0 bridgehead atoms. The number of anilines is 3. The van der Waals surface area contributed by atoms with Crippen molar-refractivity contribution in [2.75, 3.05) is 70.2 Å². The van der Waals surface area contributed by atoms with E-state index in [9.17, 15) is 8.78 Å². The molecule has 0 amide bonds. The first-order chi connectivity index (χ1) is 20.4. The molecule has 0 unspecified atom stereocenters. The average molecular weight is 583 g/mol. The fourth-order valence-electron chi connectivity index (χ4n) is 5.75. The molecule has 1 N–H and O–H groups in total. The first kappa shape index (κ1) is 29.8. The number of likely N-dealkylation sites (N-methyl/N-ethyl adjacent to an activating group) is 1. The number of aromatic nitrogens is 2. The van der Waals surface area contributed by atoms with E-state index in [1.54, 1.807) is 14.0 Å². The van der Waals surface area contributed by atoms with E-state index in [1.807, 2.05) is 12.1 Å². The Kier molecular flexibility index (Phi) is 9.58. The van der Waals surface area contributed by atoms with Crippen LogP contribution in [0.3, 0.4) is 0 Å². The quantitative estimate of drug-likeness (QED) is 0.355. The van der Waals surface area contributed by atoms with Gasteiger partial charge in [0, 0.05) is 57.1 Å². The minimum absolute atomic E-state index is 0.0322. The van der Waals surface area contributed by atoms with Gasteiger partial charge in [0.1, 0.15) is 18.2 Å². The normalized spacial score (nSPS) is 16.9. The minimum Gasteiger partial charge on any atom is -0.495 e. The number of piperazine rings is 1. The smallest absolute Gasteiger partial charge is 0.227 e. The molecule has 11 heteroatoms. The van der Waals surface area contributed by atoms with Gasteiger partial charge in [0.25, 0.3) is 0 Å². The SMILES string of the molecule is CCN1CCN(C2CCN(c3ccc(Nc4ncc(OCc5c(F)c(C)cc(OC)c5F)cn4)cc3OC)CC2)CC1. The molecule has 2 aliphatic heterocycles. The predicted octanol–water partition coefficient (Wildman–Crippen LogP) is 5.01. The number of hydrogen-bond acceptors (Lipinski definition) is 9. The van der Waals surface area contributed by atoms with E-state index in [0.717, 1.165) is 62.7 Å². The van der Waals surface area contributed by atoms with Crippen molar-refractivity contribution in [1.82, 2.24) is 19.8 Å². The summed E-state index contributed by atoms with van der Waals surface area (Å²) in [4.78, 5) is 16.2. The maximum Gasteiger partial charge on any atom is 0.227 e. The van der Waals surface area contributed by atoms with Gasteiger partial charge < -0.3 is 29.3 Å². The number of piperidine rings is 1. The zero-order valence-corrected chi connectivity index (χ0v) is 24.8. The van der Waals surface area contributed by atoms with Crippen LogP contribution in [0, 0.1) is 18.6 Å². The topological polar surface area (TPSA) is 75.2 Å². The predicted molar refractivity (Wildman–Crippen MR) is 159 cm³/mol. The van der Waals surface area contributed by atoms with E-state index in [2.05, 4.69) is 43.0 Å². The molecule has 3 aromatic rings. The molecule has 0 atom stereocenters. The van der Waals surface area contributed by atoms with Crippen molar-refractivity contribution in [2.45, 2.75) is 39.3 Å². The third kappa shape index (κ3) is 6.68. The second kappa shape index (κ2) is 13.5. The van der Waals surface area contributed by atoms with E-state index < -0.39 is 11.6 Å². The zero-order chi connectivity index (χ0) is 29.6. The van der Waals surface area contributed by atoms with Crippen molar-refractivity contribution in [3.63, 3.8) is 0 Å². The average Bonchev–Trinajstić information content (AvgIpc) is 3.03. The number of benzene rings is 2. The summed E-state index contributed by atoms with van der Waals surface area (Å²) in [6.07, 6.45) is 5.20. The van der Waals surface area contributed by atoms with Crippen molar-refractivity contribution >= 4 is 17.3 Å². The Labute approximate surface area is 246 Å². The number of rotatable bonds is 10. The fraction of sp³-hybridized carbons (Fsp3) is 0.484. The zero-order valence-electron chi connectivity index (χ0n) is 24.8. The first-order valence-corrected chi connectivity index (χ1v) is 14.5. The summed E-state index contributed by atoms with van der Waals surface area (Å²) in [6.45, 7) is 11.3. The largest absolute Gasteiger partial charge is 0.495 e. The molecule has 1 aromatic heterocycles. The van der Waals surface area contributed by atoms with Crippen LogP contribution in [-0.4, -0.2) is 85.8 Å². The number of nitrogens with zero attached hydrogens (tertiary/aromatic N) is 5. The molecule has 2 aromatic carbocycles. The number of methoxy groups -OCH3 is 2. The van der Waals surface area contributed by atoms with Crippen LogP contribution in [0.1, 0.15) is 30.9 Å². The van der Waals surface area contributed by atoms with Gasteiger partial charge in [-0.1, -0.05) is 6.92 Å². The Bertz CT molecular complexity index is 1340. The lowest BCUT2D eigenvalue weighted by molar-refractivity contribution is 0.0878. The van der Waals surface area contributed by atoms with Crippen LogP contribution in [-0.2, 0) is 6.61 Å². The molecule has 3 heterocycles. The fourth-order valence-corrected chi connectivity index (χ4v) is 5.75. The minimum atomic E-state index is -0.785. The summed E-state index contributed by atoms with van der Waals surface area (Å²) in [5.41, 5.74) is 1.92. The second-order valence-electron chi connectivity index (χ2n) is 10.7. The molecule has 42 heavy (non-hydrogen) atoms. The monoisotopic (exact) mass is 582 g/mol. The second-order valence-corrected chi connectivity index (χ2v) is 10.7. The maximum atomic E-state index is 14.5. The summed E-state index contributed by atoms with van der Waals surface area (Å²) in [7, 11) is 3.02. The van der Waals surface area contributed by atoms with E-state index in [4.69, 9.17) is 14.2 Å². The van der Waals surface area contributed by atoms with E-state index in [0.29, 0.717) is 12.0 Å². The highest BCUT2D eigenvalue weighted by molar-refractivity contribution is 5.67. The highest BCUT2D eigenvalue weighted by atomic mass is 19.1. The van der Waals surface area contributed by atoms with Gasteiger partial charge in [0.05, 0.1) is 37.9 Å². The number of hydrogen-bond donors (Lipinski definition) is 1. The van der Waals surface area contributed by atoms with Crippen LogP contribution in [0.2, 0.25) is 0 Å². The molecule has 0 radical (unpaired) electrons. The number of nitrogens with one attached hydrogen (secondary N) is 1. The van der Waals surface area contributed by atoms with Crippen LogP contribution in [0.15, 0.2) is 36.7 Å². The van der Waals surface area contributed by atoms with Crippen molar-refractivity contribution in [1.29, 1.82) is 0 Å². The third-order valence-electron chi connectivity index (χ3n) is 8.28. The van der Waals surface area contributed by atoms with Crippen LogP contribution >= 0.6 is 0 Å². The van der Waals surface area contributed by atoms with Crippen molar-refractivity contribution in [3.05, 3.63) is 59.4 Å². The Morgan fingerprint density at radius 2 is 1.60 bits per heavy atom. The highest BCUT2D eigenvalue weighted by Crippen LogP contribution is 2.34. The first-order valence-electron chi connectivity index (χ1n) is 14.5. The van der Waals surface area contributed by atoms with Crippen LogP contribution in [0.5, 0.6) is 17.2 Å². The molecule has 2 aliphatic rings. The van der Waals surface area contributed by atoms with Gasteiger partial charge in [0.15, 0.2) is 17.3 Å². The standard InChI is InChI=1S/C31H40F2N6O3/c1-5-37-12-14-38(15-13-37)23-8-10-39(11-9-23)26-7-6-22(17-27(26)40-3)36-31-34-18-24(19-35-31)42-20-25-29(32)21(2)16-28(41-4)30(25)33/h6-7,16-19,23H,5,8-15,20H2,1-4H3,(H,34,35,36). The molecule has 9 nitrogen and oxygen atoms in total. The van der Waals surface area contributed by atoms with E-state index in [1.165, 1.54) is 38.7 Å². The molecule has 0 spiro atoms. The van der Waals surface area contributed by atoms with E-state index in [-0.39, 0.29) is 29.2 Å². The van der Waals surface area contributed by atoms with Gasteiger partial charge >= 0.3 is 0 Å². The van der Waals surface area contributed by atoms with Gasteiger partial charge in [-0.3, -0.25) is 4.90 Å². The third-order valence-corrected chi connectivity index (χ3v) is 8.28. The van der Waals surface area contributed by atoms with Gasteiger partial charge in [-0.25, -0.2) is 18.7 Å². The molecule has 0 saturated carbocycles. The van der Waals surface area contributed by atoms with Gasteiger partial charge in [-0.05, 0) is 50.1 Å². The summed E-state index contributed by atoms with van der Waals surface area (Å²) >= 11 is 0. The number of aryl methyl sites for hydroxylation is 1. The van der Waals surface area contributed by atoms with Gasteiger partial charge in [0.2, 0.25) is 5.95 Å². The van der Waals surface area contributed by atoms with Crippen LogP contribution in [0.4, 0.5) is 26.1 Å². The molecule has 2 saturated heterocycles. The van der Waals surface area contributed by atoms with E-state index >= 15 is 0 Å². The van der Waals surface area contributed by atoms with Crippen molar-refractivity contribution < 1.29 is 23.0 Å². The molecule has 0 aliphatic carbocycles. The molecule has 226 valence electrons. The van der Waals surface area contributed by atoms with Gasteiger partial charge in [-0.15, -0.1) is 0 Å². The Morgan fingerprint density at radius 3 is 2.24 bits per heavy atom. The lowest BCUT2D eigenvalue weighted by atomic mass is 10.0. The Hall–Kier alpha value is -3.70. The Balaban J connectivity index is 1.17. The summed E-state index contributed by atoms with van der Waals surface area (Å²) in [6, 6.07) is 7.96. The molecule has 5 rings (SSSR count). The van der Waals surface area contributed by atoms with Crippen LogP contribution in [0.25, 0.3) is 0 Å². The van der Waals surface area contributed by atoms with Crippen molar-refractivity contribution in [2.24, 2.45) is 0 Å². The highest BCUT2D eigenvalue weighted by Gasteiger charge is 2.28.